The molecule has 0 atom stereocenters. The summed E-state index contributed by atoms with van der Waals surface area (Å²) in [4.78, 5) is 17.0. The minimum absolute atomic E-state index is 0.169. The first-order chi connectivity index (χ1) is 14.5. The highest BCUT2D eigenvalue weighted by molar-refractivity contribution is 7.46. The minimum Gasteiger partial charge on any atom is -0.330 e. The standard InChI is InChI=1S/C16H35O4P.C8H19N/c1-2-3-4-5-6-7-8-9-10-11-12-13-14-15-16-20-21(17,18)19;1-2-3-4-5-6-7-8-9/h2-16H2,1H3,(H2,17,18,19);2-9H2,1H3. The number of hydrogen-bond donors (Lipinski definition) is 3. The summed E-state index contributed by atoms with van der Waals surface area (Å²) in [5, 5.41) is 0. The predicted octanol–water partition coefficient (Wildman–Crippen LogP) is 7.88. The van der Waals surface area contributed by atoms with E-state index < -0.39 is 7.82 Å². The number of hydrogen-bond acceptors (Lipinski definition) is 3. The molecule has 0 aromatic carbocycles. The van der Waals surface area contributed by atoms with Crippen LogP contribution in [-0.4, -0.2) is 22.9 Å². The van der Waals surface area contributed by atoms with E-state index in [4.69, 9.17) is 15.5 Å². The SMILES string of the molecule is CCCCCCCCCCCCCCCCOP(=O)(O)O.CCCCCCCCN. The maximum Gasteiger partial charge on any atom is 0.469 e. The van der Waals surface area contributed by atoms with Gasteiger partial charge in [-0.3, -0.25) is 4.52 Å². The molecule has 5 nitrogen and oxygen atoms in total. The molecule has 0 saturated carbocycles. The molecule has 0 rings (SSSR count). The number of unbranched alkanes of at least 4 members (excludes halogenated alkanes) is 18. The van der Waals surface area contributed by atoms with Crippen LogP contribution in [0, 0.1) is 0 Å². The molecule has 0 heterocycles. The lowest BCUT2D eigenvalue weighted by Gasteiger charge is -2.05. The smallest absolute Gasteiger partial charge is 0.330 e. The Balaban J connectivity index is 0. The fourth-order valence-corrected chi connectivity index (χ4v) is 3.77. The van der Waals surface area contributed by atoms with Crippen molar-refractivity contribution in [2.45, 2.75) is 142 Å². The zero-order valence-electron chi connectivity index (χ0n) is 20.3. The molecule has 0 saturated heterocycles. The average Bonchev–Trinajstić information content (AvgIpc) is 2.70. The molecule has 0 radical (unpaired) electrons. The van der Waals surface area contributed by atoms with Gasteiger partial charge >= 0.3 is 7.82 Å². The molecule has 0 fully saturated rings. The van der Waals surface area contributed by atoms with E-state index in [1.54, 1.807) is 0 Å². The molecular weight excluding hydrogens is 397 g/mol. The first kappa shape index (κ1) is 32.3. The van der Waals surface area contributed by atoms with Gasteiger partial charge in [-0.25, -0.2) is 4.57 Å². The van der Waals surface area contributed by atoms with E-state index in [1.165, 1.54) is 109 Å². The van der Waals surface area contributed by atoms with E-state index in [0.717, 1.165) is 25.8 Å². The van der Waals surface area contributed by atoms with Crippen LogP contribution in [0.3, 0.4) is 0 Å². The first-order valence-corrected chi connectivity index (χ1v) is 14.4. The Morgan fingerprint density at radius 2 is 0.867 bits per heavy atom. The van der Waals surface area contributed by atoms with Crippen molar-refractivity contribution in [1.82, 2.24) is 0 Å². The van der Waals surface area contributed by atoms with Crippen LogP contribution in [0.2, 0.25) is 0 Å². The normalized spacial score (nSPS) is 11.4. The Labute approximate surface area is 188 Å². The van der Waals surface area contributed by atoms with Gasteiger partial charge in [0.2, 0.25) is 0 Å². The number of phosphoric acid groups is 1. The topological polar surface area (TPSA) is 92.8 Å². The monoisotopic (exact) mass is 451 g/mol. The largest absolute Gasteiger partial charge is 0.469 e. The summed E-state index contributed by atoms with van der Waals surface area (Å²) >= 11 is 0. The van der Waals surface area contributed by atoms with Crippen LogP contribution in [0.5, 0.6) is 0 Å². The highest BCUT2D eigenvalue weighted by Crippen LogP contribution is 2.35. The second-order valence-corrected chi connectivity index (χ2v) is 9.72. The zero-order valence-corrected chi connectivity index (χ0v) is 21.2. The van der Waals surface area contributed by atoms with E-state index in [1.807, 2.05) is 0 Å². The summed E-state index contributed by atoms with van der Waals surface area (Å²) in [6.07, 6.45) is 25.8. The van der Waals surface area contributed by atoms with Gasteiger partial charge in [0.05, 0.1) is 6.61 Å². The van der Waals surface area contributed by atoms with Crippen molar-refractivity contribution in [2.75, 3.05) is 13.2 Å². The second kappa shape index (κ2) is 27.1. The van der Waals surface area contributed by atoms with Crippen LogP contribution in [-0.2, 0) is 9.09 Å². The molecule has 0 spiro atoms. The van der Waals surface area contributed by atoms with E-state index in [9.17, 15) is 4.57 Å². The quantitative estimate of drug-likeness (QED) is 0.115. The summed E-state index contributed by atoms with van der Waals surface area (Å²) in [5.74, 6) is 0. The zero-order chi connectivity index (χ0) is 22.8. The van der Waals surface area contributed by atoms with Gasteiger partial charge in [-0.2, -0.15) is 0 Å². The lowest BCUT2D eigenvalue weighted by molar-refractivity contribution is 0.193. The molecule has 184 valence electrons. The van der Waals surface area contributed by atoms with E-state index in [2.05, 4.69) is 18.4 Å². The van der Waals surface area contributed by atoms with E-state index in [0.29, 0.717) is 0 Å². The maximum absolute atomic E-state index is 10.4. The molecule has 4 N–H and O–H groups in total. The molecule has 0 unspecified atom stereocenters. The summed E-state index contributed by atoms with van der Waals surface area (Å²) in [6, 6.07) is 0. The molecule has 0 bridgehead atoms. The van der Waals surface area contributed by atoms with Crippen molar-refractivity contribution < 1.29 is 18.9 Å². The van der Waals surface area contributed by atoms with Crippen LogP contribution >= 0.6 is 7.82 Å². The van der Waals surface area contributed by atoms with Crippen molar-refractivity contribution in [2.24, 2.45) is 5.73 Å². The fourth-order valence-electron chi connectivity index (χ4n) is 3.40. The summed E-state index contributed by atoms with van der Waals surface area (Å²) in [7, 11) is -4.25. The van der Waals surface area contributed by atoms with Gasteiger partial charge in [-0.1, -0.05) is 129 Å². The summed E-state index contributed by atoms with van der Waals surface area (Å²) in [6.45, 7) is 5.53. The van der Waals surface area contributed by atoms with Crippen LogP contribution in [0.25, 0.3) is 0 Å². The Morgan fingerprint density at radius 1 is 0.567 bits per heavy atom. The average molecular weight is 452 g/mol. The fraction of sp³-hybridized carbons (Fsp3) is 1.00. The van der Waals surface area contributed by atoms with Gasteiger partial charge in [0, 0.05) is 0 Å². The third kappa shape index (κ3) is 35.5. The van der Waals surface area contributed by atoms with Crippen LogP contribution < -0.4 is 5.73 Å². The van der Waals surface area contributed by atoms with E-state index >= 15 is 0 Å². The van der Waals surface area contributed by atoms with Gasteiger partial charge in [-0.05, 0) is 19.4 Å². The lowest BCUT2D eigenvalue weighted by Crippen LogP contribution is -1.97. The third-order valence-electron chi connectivity index (χ3n) is 5.32. The first-order valence-electron chi connectivity index (χ1n) is 12.9. The highest BCUT2D eigenvalue weighted by atomic mass is 31.2. The number of nitrogens with two attached hydrogens (primary N) is 1. The molecule has 0 aromatic rings. The van der Waals surface area contributed by atoms with Crippen molar-refractivity contribution in [1.29, 1.82) is 0 Å². The molecule has 0 amide bonds. The maximum atomic E-state index is 10.4. The van der Waals surface area contributed by atoms with Crippen molar-refractivity contribution >= 4 is 7.82 Å². The molecule has 30 heavy (non-hydrogen) atoms. The lowest BCUT2D eigenvalue weighted by atomic mass is 10.0. The van der Waals surface area contributed by atoms with Gasteiger partial charge in [0.15, 0.2) is 0 Å². The Hall–Kier alpha value is 0.0700. The molecule has 0 aliphatic carbocycles. The molecule has 0 aliphatic rings. The van der Waals surface area contributed by atoms with Gasteiger partial charge in [0.25, 0.3) is 0 Å². The minimum atomic E-state index is -4.25. The molecular formula is C24H54NO4P. The molecule has 6 heteroatoms. The predicted molar refractivity (Wildman–Crippen MR) is 131 cm³/mol. The van der Waals surface area contributed by atoms with Crippen LogP contribution in [0.4, 0.5) is 0 Å². The molecule has 0 aliphatic heterocycles. The highest BCUT2D eigenvalue weighted by Gasteiger charge is 2.12. The van der Waals surface area contributed by atoms with E-state index in [-0.39, 0.29) is 6.61 Å². The van der Waals surface area contributed by atoms with Crippen molar-refractivity contribution in [3.05, 3.63) is 0 Å². The summed E-state index contributed by atoms with van der Waals surface area (Å²) in [5.41, 5.74) is 5.34. The number of phosphoric ester groups is 1. The van der Waals surface area contributed by atoms with Crippen molar-refractivity contribution in [3.63, 3.8) is 0 Å². The summed E-state index contributed by atoms with van der Waals surface area (Å²) < 4.78 is 14.8. The molecule has 0 aromatic heterocycles. The Bertz CT molecular complexity index is 344. The van der Waals surface area contributed by atoms with Crippen molar-refractivity contribution in [3.8, 4) is 0 Å². The van der Waals surface area contributed by atoms with Gasteiger partial charge in [0.1, 0.15) is 0 Å². The van der Waals surface area contributed by atoms with Crippen LogP contribution in [0.1, 0.15) is 142 Å². The van der Waals surface area contributed by atoms with Gasteiger partial charge in [-0.15, -0.1) is 0 Å². The Kier molecular flexibility index (Phi) is 29.1. The Morgan fingerprint density at radius 3 is 1.17 bits per heavy atom. The van der Waals surface area contributed by atoms with Crippen LogP contribution in [0.15, 0.2) is 0 Å². The van der Waals surface area contributed by atoms with Gasteiger partial charge < -0.3 is 15.5 Å². The second-order valence-electron chi connectivity index (χ2n) is 8.48. The number of rotatable bonds is 22. The third-order valence-corrected chi connectivity index (χ3v) is 5.83.